The Balaban J connectivity index is 1.85. The normalized spacial score (nSPS) is 19.5. The van der Waals surface area contributed by atoms with Crippen molar-refractivity contribution in [3.05, 3.63) is 46.5 Å². The summed E-state index contributed by atoms with van der Waals surface area (Å²) in [6, 6.07) is 8.82. The summed E-state index contributed by atoms with van der Waals surface area (Å²) in [6.45, 7) is 0.956. The van der Waals surface area contributed by atoms with Crippen molar-refractivity contribution in [3.8, 4) is 11.8 Å². The van der Waals surface area contributed by atoms with Gasteiger partial charge in [-0.1, -0.05) is 11.6 Å². The van der Waals surface area contributed by atoms with Gasteiger partial charge >= 0.3 is 0 Å². The Morgan fingerprint density at radius 3 is 2.69 bits per heavy atom. The van der Waals surface area contributed by atoms with Crippen molar-refractivity contribution in [1.82, 2.24) is 4.72 Å². The highest BCUT2D eigenvalue weighted by Gasteiger charge is 2.30. The molecule has 0 saturated carbocycles. The zero-order valence-corrected chi connectivity index (χ0v) is 21.8. The van der Waals surface area contributed by atoms with Gasteiger partial charge in [0.25, 0.3) is 15.9 Å². The Labute approximate surface area is 215 Å². The summed E-state index contributed by atoms with van der Waals surface area (Å²) in [7, 11) is -8.20. The molecule has 192 valence electrons. The molecular weight excluding hydrogens is 528 g/mol. The molecule has 0 radical (unpaired) electrons. The minimum atomic E-state index is -4.34. The summed E-state index contributed by atoms with van der Waals surface area (Å²) in [6.07, 6.45) is 5.19. The number of nitrogens with one attached hydrogen (secondary N) is 2. The molecule has 0 aromatic heterocycles. The molecule has 1 saturated heterocycles. The van der Waals surface area contributed by atoms with Gasteiger partial charge in [0.2, 0.25) is 10.0 Å². The van der Waals surface area contributed by atoms with Gasteiger partial charge < -0.3 is 9.64 Å². The highest BCUT2D eigenvalue weighted by Crippen LogP contribution is 2.39. The number of rotatable bonds is 2. The Bertz CT molecular complexity index is 1450. The smallest absolute Gasteiger partial charge is 0.265 e. The number of anilines is 2. The van der Waals surface area contributed by atoms with Crippen LogP contribution in [-0.2, 0) is 20.0 Å². The predicted molar refractivity (Wildman–Crippen MR) is 135 cm³/mol. The molecule has 2 aliphatic rings. The Hall–Kier alpha value is -3.01. The van der Waals surface area contributed by atoms with E-state index in [0.29, 0.717) is 18.7 Å². The van der Waals surface area contributed by atoms with Crippen LogP contribution in [0.2, 0.25) is 5.02 Å². The number of fused-ring (bicyclic) bond motifs is 4. The number of piperidine rings is 1. The van der Waals surface area contributed by atoms with E-state index in [9.17, 15) is 26.9 Å². The molecule has 1 atom stereocenters. The van der Waals surface area contributed by atoms with Crippen LogP contribution in [0.1, 0.15) is 48.0 Å². The highest BCUT2D eigenvalue weighted by molar-refractivity contribution is 7.92. The van der Waals surface area contributed by atoms with Crippen molar-refractivity contribution in [3.63, 3.8) is 0 Å². The van der Waals surface area contributed by atoms with Crippen LogP contribution in [0.25, 0.3) is 0 Å². The van der Waals surface area contributed by atoms with Crippen LogP contribution in [0.15, 0.2) is 35.2 Å². The third-order valence-corrected chi connectivity index (χ3v) is 8.36. The summed E-state index contributed by atoms with van der Waals surface area (Å²) < 4.78 is 60.4. The number of carbonyl (C=O) groups excluding carboxylic acids is 1. The van der Waals surface area contributed by atoms with E-state index in [1.807, 2.05) is 10.8 Å². The molecule has 36 heavy (non-hydrogen) atoms. The first-order valence-electron chi connectivity index (χ1n) is 11.3. The fourth-order valence-corrected chi connectivity index (χ4v) is 6.38. The van der Waals surface area contributed by atoms with Gasteiger partial charge in [-0.2, -0.15) is 5.26 Å². The van der Waals surface area contributed by atoms with E-state index in [1.165, 1.54) is 18.2 Å². The molecule has 2 aromatic carbocycles. The van der Waals surface area contributed by atoms with Crippen LogP contribution in [0.3, 0.4) is 0 Å². The number of hydrogen-bond donors (Lipinski definition) is 2. The van der Waals surface area contributed by atoms with Crippen molar-refractivity contribution in [2.75, 3.05) is 29.0 Å². The third kappa shape index (κ3) is 5.69. The molecule has 0 spiro atoms. The maximum Gasteiger partial charge on any atom is 0.265 e. The number of halogens is 1. The van der Waals surface area contributed by atoms with Crippen molar-refractivity contribution in [2.45, 2.75) is 43.0 Å². The number of amides is 1. The van der Waals surface area contributed by atoms with Crippen molar-refractivity contribution < 1.29 is 26.4 Å². The topological polar surface area (TPSA) is 146 Å². The Morgan fingerprint density at radius 2 is 1.97 bits per heavy atom. The number of benzene rings is 2. The van der Waals surface area contributed by atoms with E-state index in [0.717, 1.165) is 38.0 Å². The number of nitrogens with zero attached hydrogens (tertiary/aromatic N) is 2. The number of hydrogen-bond acceptors (Lipinski definition) is 8. The van der Waals surface area contributed by atoms with Crippen LogP contribution in [0, 0.1) is 11.3 Å². The second-order valence-corrected chi connectivity index (χ2v) is 12.6. The minimum absolute atomic E-state index is 0.0236. The molecule has 1 fully saturated rings. The molecule has 2 heterocycles. The Morgan fingerprint density at radius 1 is 1.22 bits per heavy atom. The number of ether oxygens (including phenoxy) is 1. The lowest BCUT2D eigenvalue weighted by Crippen LogP contribution is -2.40. The molecule has 2 aliphatic heterocycles. The molecule has 0 unspecified atom stereocenters. The SMILES string of the molecule is CS(=O)(=O)NC(=O)c1ccc2c(c1)S(=O)(=O)Nc1cc(C#N)c(Cl)cc1N1CCCC[C@H]1CCCO2. The molecule has 2 N–H and O–H groups in total. The molecule has 0 bridgehead atoms. The fraction of sp³-hybridized carbons (Fsp3) is 0.391. The van der Waals surface area contributed by atoms with E-state index >= 15 is 0 Å². The maximum atomic E-state index is 13.6. The highest BCUT2D eigenvalue weighted by atomic mass is 35.5. The van der Waals surface area contributed by atoms with Crippen LogP contribution in [-0.4, -0.2) is 48.2 Å². The average molecular weight is 553 g/mol. The third-order valence-electron chi connectivity index (χ3n) is 6.10. The zero-order valence-electron chi connectivity index (χ0n) is 19.5. The summed E-state index contributed by atoms with van der Waals surface area (Å²) in [4.78, 5) is 14.2. The van der Waals surface area contributed by atoms with Crippen molar-refractivity contribution in [2.24, 2.45) is 0 Å². The first kappa shape index (κ1) is 26.1. The summed E-state index contributed by atoms with van der Waals surface area (Å²) in [5.41, 5.74) is 0.684. The average Bonchev–Trinajstić information content (AvgIpc) is 2.81. The van der Waals surface area contributed by atoms with Crippen molar-refractivity contribution >= 4 is 48.9 Å². The van der Waals surface area contributed by atoms with E-state index < -0.39 is 26.0 Å². The number of carbonyl (C=O) groups is 1. The fourth-order valence-electron chi connectivity index (χ4n) is 4.49. The van der Waals surface area contributed by atoms with Crippen LogP contribution in [0.4, 0.5) is 11.4 Å². The predicted octanol–water partition coefficient (Wildman–Crippen LogP) is 3.23. The van der Waals surface area contributed by atoms with E-state index in [4.69, 9.17) is 16.3 Å². The van der Waals surface area contributed by atoms with Gasteiger partial charge in [-0.25, -0.2) is 21.6 Å². The second-order valence-electron chi connectivity index (χ2n) is 8.77. The first-order valence-corrected chi connectivity index (χ1v) is 15.1. The van der Waals surface area contributed by atoms with E-state index in [1.54, 1.807) is 6.07 Å². The molecule has 1 amide bonds. The lowest BCUT2D eigenvalue weighted by molar-refractivity contribution is 0.0981. The second kappa shape index (κ2) is 10.2. The number of nitriles is 1. The monoisotopic (exact) mass is 552 g/mol. The van der Waals surface area contributed by atoms with E-state index in [2.05, 4.69) is 9.62 Å². The largest absolute Gasteiger partial charge is 0.492 e. The minimum Gasteiger partial charge on any atom is -0.492 e. The lowest BCUT2D eigenvalue weighted by Gasteiger charge is -2.39. The summed E-state index contributed by atoms with van der Waals surface area (Å²) >= 11 is 6.34. The van der Waals surface area contributed by atoms with Gasteiger partial charge in [0, 0.05) is 18.2 Å². The van der Waals surface area contributed by atoms with Gasteiger partial charge in [-0.15, -0.1) is 0 Å². The van der Waals surface area contributed by atoms with Gasteiger partial charge in [-0.3, -0.25) is 9.52 Å². The van der Waals surface area contributed by atoms with Crippen molar-refractivity contribution in [1.29, 1.82) is 5.26 Å². The van der Waals surface area contributed by atoms with Crippen LogP contribution < -0.4 is 19.1 Å². The number of sulfonamides is 2. The molecular formula is C23H25ClN4O6S2. The quantitative estimate of drug-likeness (QED) is 0.577. The molecule has 2 aromatic rings. The Kier molecular flexibility index (Phi) is 7.36. The van der Waals surface area contributed by atoms with Gasteiger partial charge in [0.1, 0.15) is 16.7 Å². The van der Waals surface area contributed by atoms with Gasteiger partial charge in [0.15, 0.2) is 0 Å². The lowest BCUT2D eigenvalue weighted by atomic mass is 9.96. The van der Waals surface area contributed by atoms with Crippen LogP contribution in [0.5, 0.6) is 5.75 Å². The maximum absolute atomic E-state index is 13.6. The molecule has 10 nitrogen and oxygen atoms in total. The van der Waals surface area contributed by atoms with Gasteiger partial charge in [0.05, 0.1) is 34.8 Å². The molecule has 0 aliphatic carbocycles. The molecule has 13 heteroatoms. The molecule has 4 rings (SSSR count). The first-order chi connectivity index (χ1) is 17.0. The summed E-state index contributed by atoms with van der Waals surface area (Å²) in [5.74, 6) is -0.952. The summed E-state index contributed by atoms with van der Waals surface area (Å²) in [5, 5.41) is 9.72. The standard InChI is InChI=1S/C23H25ClN4O6S2/c1-35(30,31)27-23(29)15-7-8-21-22(12-15)36(32,33)26-19-11-16(14-25)18(24)13-20(19)28-9-3-2-5-17(28)6-4-10-34-21/h7-8,11-13,17,26H,2-6,9-10H2,1H3,(H,27,29)/t17-/m0/s1. The zero-order chi connectivity index (χ0) is 26.1. The van der Waals surface area contributed by atoms with E-state index in [-0.39, 0.29) is 45.1 Å². The van der Waals surface area contributed by atoms with Gasteiger partial charge in [-0.05, 0) is 62.4 Å². The van der Waals surface area contributed by atoms with Crippen LogP contribution >= 0.6 is 11.6 Å².